The summed E-state index contributed by atoms with van der Waals surface area (Å²) >= 11 is 0. The largest absolute Gasteiger partial charge is 0.344 e. The van der Waals surface area contributed by atoms with Gasteiger partial charge in [0.05, 0.1) is 5.92 Å². The van der Waals surface area contributed by atoms with Crippen LogP contribution in [0.4, 0.5) is 4.79 Å². The molecule has 1 aromatic rings. The molecule has 0 bridgehead atoms. The second-order valence-electron chi connectivity index (χ2n) is 8.87. The zero-order chi connectivity index (χ0) is 23.2. The summed E-state index contributed by atoms with van der Waals surface area (Å²) in [7, 11) is 0. The monoisotopic (exact) mass is 432 g/mol. The van der Waals surface area contributed by atoms with E-state index in [1.165, 1.54) is 0 Å². The molecule has 9 nitrogen and oxygen atoms in total. The maximum atomic E-state index is 12.9. The van der Waals surface area contributed by atoms with Crippen LogP contribution in [0.5, 0.6) is 0 Å². The fraction of sp³-hybridized carbons (Fsp3) is 0.545. The Morgan fingerprint density at radius 2 is 1.74 bits per heavy atom. The van der Waals surface area contributed by atoms with E-state index in [0.29, 0.717) is 25.7 Å². The van der Waals surface area contributed by atoms with E-state index >= 15 is 0 Å². The van der Waals surface area contributed by atoms with E-state index in [4.69, 9.17) is 5.21 Å². The maximum Gasteiger partial charge on any atom is 0.344 e. The van der Waals surface area contributed by atoms with Crippen LogP contribution in [0.2, 0.25) is 0 Å². The molecule has 1 fully saturated rings. The van der Waals surface area contributed by atoms with Gasteiger partial charge < -0.3 is 5.32 Å². The summed E-state index contributed by atoms with van der Waals surface area (Å²) in [6, 6.07) is 8.46. The van der Waals surface area contributed by atoms with Crippen molar-refractivity contribution in [2.45, 2.75) is 64.8 Å². The Morgan fingerprint density at radius 1 is 1.10 bits per heavy atom. The van der Waals surface area contributed by atoms with Crippen LogP contribution in [0.3, 0.4) is 0 Å². The van der Waals surface area contributed by atoms with E-state index in [-0.39, 0.29) is 5.92 Å². The number of nitrogens with one attached hydrogen (secondary N) is 3. The lowest BCUT2D eigenvalue weighted by Gasteiger charge is -2.23. The number of hydrogen-bond donors (Lipinski definition) is 4. The first-order chi connectivity index (χ1) is 14.6. The van der Waals surface area contributed by atoms with Crippen LogP contribution in [0.1, 0.15) is 64.9 Å². The number of nitrogens with zero attached hydrogens (tertiary/aromatic N) is 1. The second-order valence-corrected chi connectivity index (χ2v) is 8.87. The van der Waals surface area contributed by atoms with Crippen LogP contribution in [-0.4, -0.2) is 39.5 Å². The molecule has 5 amide bonds. The van der Waals surface area contributed by atoms with Crippen molar-refractivity contribution in [1.82, 2.24) is 21.2 Å². The van der Waals surface area contributed by atoms with Crippen molar-refractivity contribution < 1.29 is 24.4 Å². The molecule has 1 aliphatic rings. The molecule has 0 spiro atoms. The molecule has 31 heavy (non-hydrogen) atoms. The number of hydrazine groups is 1. The predicted molar refractivity (Wildman–Crippen MR) is 114 cm³/mol. The van der Waals surface area contributed by atoms with Crippen molar-refractivity contribution in [3.63, 3.8) is 0 Å². The number of carbonyl (C=O) groups excluding carboxylic acids is 4. The fourth-order valence-electron chi connectivity index (χ4n) is 3.76. The first-order valence-electron chi connectivity index (χ1n) is 10.5. The van der Waals surface area contributed by atoms with Crippen LogP contribution in [0, 0.1) is 11.8 Å². The van der Waals surface area contributed by atoms with E-state index < -0.39 is 41.1 Å². The van der Waals surface area contributed by atoms with Crippen molar-refractivity contribution >= 4 is 23.8 Å². The minimum atomic E-state index is -1.07. The number of amides is 5. The van der Waals surface area contributed by atoms with Crippen molar-refractivity contribution in [3.8, 4) is 0 Å². The number of hydroxylamine groups is 1. The van der Waals surface area contributed by atoms with Crippen LogP contribution < -0.4 is 16.2 Å². The standard InChI is InChI=1S/C22H32N4O5/c1-14(2)13-16(18(27)24-26-20(29)22(3,4)23-21(26)30)11-8-12-17(19(28)25-31)15-9-6-5-7-10-15/h5-7,9-10,14,16-17,31H,8,11-13H2,1-4H3,(H,23,30)(H,24,27)(H,25,28)/t16?,17-/m1/s1. The van der Waals surface area contributed by atoms with Crippen LogP contribution >= 0.6 is 0 Å². The van der Waals surface area contributed by atoms with Gasteiger partial charge in [-0.15, -0.1) is 0 Å². The van der Waals surface area contributed by atoms with Gasteiger partial charge in [-0.2, -0.15) is 5.01 Å². The first kappa shape index (κ1) is 24.3. The Morgan fingerprint density at radius 3 is 2.26 bits per heavy atom. The summed E-state index contributed by atoms with van der Waals surface area (Å²) < 4.78 is 0. The van der Waals surface area contributed by atoms with Gasteiger partial charge in [-0.3, -0.25) is 25.0 Å². The summed E-state index contributed by atoms with van der Waals surface area (Å²) in [6.45, 7) is 7.12. The molecular formula is C22H32N4O5. The topological polar surface area (TPSA) is 128 Å². The molecule has 1 heterocycles. The summed E-state index contributed by atoms with van der Waals surface area (Å²) in [6.07, 6.45) is 2.03. The predicted octanol–water partition coefficient (Wildman–Crippen LogP) is 2.47. The van der Waals surface area contributed by atoms with Crippen LogP contribution in [0.25, 0.3) is 0 Å². The Kier molecular flexibility index (Phi) is 8.15. The zero-order valence-corrected chi connectivity index (χ0v) is 18.5. The molecule has 0 aliphatic carbocycles. The first-order valence-corrected chi connectivity index (χ1v) is 10.5. The van der Waals surface area contributed by atoms with Gasteiger partial charge in [0.25, 0.3) is 11.8 Å². The number of rotatable bonds is 10. The van der Waals surface area contributed by atoms with Gasteiger partial charge in [0.2, 0.25) is 5.91 Å². The summed E-state index contributed by atoms with van der Waals surface area (Å²) in [5, 5.41) is 12.4. The molecule has 170 valence electrons. The van der Waals surface area contributed by atoms with Gasteiger partial charge in [0.1, 0.15) is 5.54 Å². The molecule has 0 aromatic heterocycles. The minimum Gasteiger partial charge on any atom is -0.322 e. The number of benzene rings is 1. The molecule has 2 rings (SSSR count). The van der Waals surface area contributed by atoms with Crippen molar-refractivity contribution in [2.75, 3.05) is 0 Å². The molecule has 1 aromatic carbocycles. The number of urea groups is 1. The maximum absolute atomic E-state index is 12.9. The fourth-order valence-corrected chi connectivity index (χ4v) is 3.76. The number of carbonyl (C=O) groups is 4. The van der Waals surface area contributed by atoms with Crippen molar-refractivity contribution in [1.29, 1.82) is 0 Å². The molecule has 0 saturated carbocycles. The van der Waals surface area contributed by atoms with E-state index in [1.807, 2.05) is 44.2 Å². The molecule has 4 N–H and O–H groups in total. The van der Waals surface area contributed by atoms with E-state index in [2.05, 4.69) is 10.7 Å². The Bertz CT molecular complexity index is 809. The third-order valence-corrected chi connectivity index (χ3v) is 5.38. The molecule has 0 radical (unpaired) electrons. The molecule has 2 atom stereocenters. The van der Waals surface area contributed by atoms with Gasteiger partial charge in [0, 0.05) is 5.92 Å². The Balaban J connectivity index is 2.03. The molecule has 1 aliphatic heterocycles. The van der Waals surface area contributed by atoms with E-state index in [0.717, 1.165) is 10.6 Å². The quantitative estimate of drug-likeness (QED) is 0.257. The highest BCUT2D eigenvalue weighted by Crippen LogP contribution is 2.26. The summed E-state index contributed by atoms with van der Waals surface area (Å²) in [5.41, 5.74) is 3.88. The normalized spacial score (nSPS) is 17.3. The molecule has 9 heteroatoms. The molecule has 1 unspecified atom stereocenters. The lowest BCUT2D eigenvalue weighted by molar-refractivity contribution is -0.140. The van der Waals surface area contributed by atoms with Gasteiger partial charge in [-0.1, -0.05) is 50.6 Å². The third kappa shape index (κ3) is 6.27. The summed E-state index contributed by atoms with van der Waals surface area (Å²) in [5.74, 6) is -2.17. The number of hydrogen-bond acceptors (Lipinski definition) is 5. The summed E-state index contributed by atoms with van der Waals surface area (Å²) in [4.78, 5) is 49.4. The van der Waals surface area contributed by atoms with Gasteiger partial charge in [-0.05, 0) is 44.6 Å². The van der Waals surface area contributed by atoms with Gasteiger partial charge in [0.15, 0.2) is 0 Å². The molecular weight excluding hydrogens is 400 g/mol. The van der Waals surface area contributed by atoms with Gasteiger partial charge >= 0.3 is 6.03 Å². The minimum absolute atomic E-state index is 0.223. The van der Waals surface area contributed by atoms with Crippen molar-refractivity contribution in [3.05, 3.63) is 35.9 Å². The molecule has 1 saturated heterocycles. The highest BCUT2D eigenvalue weighted by atomic mass is 16.5. The van der Waals surface area contributed by atoms with Gasteiger partial charge in [-0.25, -0.2) is 10.3 Å². The van der Waals surface area contributed by atoms with Crippen LogP contribution in [-0.2, 0) is 14.4 Å². The highest BCUT2D eigenvalue weighted by molar-refractivity contribution is 6.07. The lowest BCUT2D eigenvalue weighted by Crippen LogP contribution is -2.50. The third-order valence-electron chi connectivity index (χ3n) is 5.38. The van der Waals surface area contributed by atoms with Crippen molar-refractivity contribution in [2.24, 2.45) is 11.8 Å². The highest BCUT2D eigenvalue weighted by Gasteiger charge is 2.45. The Labute approximate surface area is 182 Å². The lowest BCUT2D eigenvalue weighted by atomic mass is 9.87. The zero-order valence-electron chi connectivity index (χ0n) is 18.5. The van der Waals surface area contributed by atoms with Crippen LogP contribution in [0.15, 0.2) is 30.3 Å². The second kappa shape index (κ2) is 10.4. The average Bonchev–Trinajstić information content (AvgIpc) is 2.91. The Hall–Kier alpha value is -2.94. The SMILES string of the molecule is CC(C)CC(CCC[C@@H](C(=O)NO)c1ccccc1)C(=O)NN1C(=O)NC(C)(C)C1=O. The number of imide groups is 1. The smallest absolute Gasteiger partial charge is 0.322 e. The average molecular weight is 433 g/mol. The van der Waals surface area contributed by atoms with E-state index in [1.54, 1.807) is 19.3 Å². The van der Waals surface area contributed by atoms with E-state index in [9.17, 15) is 19.2 Å².